The first-order valence-corrected chi connectivity index (χ1v) is 7.23. The van der Waals surface area contributed by atoms with E-state index in [0.29, 0.717) is 24.7 Å². The van der Waals surface area contributed by atoms with Crippen LogP contribution in [0.2, 0.25) is 5.02 Å². The van der Waals surface area contributed by atoms with Crippen molar-refractivity contribution in [1.29, 1.82) is 0 Å². The Morgan fingerprint density at radius 3 is 2.90 bits per heavy atom. The van der Waals surface area contributed by atoms with E-state index in [1.807, 2.05) is 38.1 Å². The van der Waals surface area contributed by atoms with E-state index in [0.717, 1.165) is 12.1 Å². The lowest BCUT2D eigenvalue weighted by Crippen LogP contribution is -2.47. The van der Waals surface area contributed by atoms with Crippen LogP contribution in [-0.4, -0.2) is 31.7 Å². The van der Waals surface area contributed by atoms with Crippen LogP contribution in [0.3, 0.4) is 0 Å². The fourth-order valence-corrected chi connectivity index (χ4v) is 2.51. The van der Waals surface area contributed by atoms with E-state index in [1.165, 1.54) is 0 Å². The molecule has 0 bridgehead atoms. The molecule has 1 heterocycles. The third-order valence-electron chi connectivity index (χ3n) is 3.43. The zero-order valence-electron chi connectivity index (χ0n) is 12.3. The number of hydrogen-bond acceptors (Lipinski definition) is 3. The lowest BCUT2D eigenvalue weighted by Gasteiger charge is -2.29. The lowest BCUT2D eigenvalue weighted by atomic mass is 9.94. The topological polar surface area (TPSA) is 50.4 Å². The number of carbonyl (C=O) groups is 1. The van der Waals surface area contributed by atoms with Crippen LogP contribution in [0.5, 0.6) is 0 Å². The Morgan fingerprint density at radius 1 is 1.52 bits per heavy atom. The first-order valence-electron chi connectivity index (χ1n) is 6.85. The molecule has 0 saturated carbocycles. The van der Waals surface area contributed by atoms with Crippen molar-refractivity contribution in [2.75, 3.05) is 19.8 Å². The largest absolute Gasteiger partial charge is 0.378 e. The Bertz CT molecular complexity index is 474. The summed E-state index contributed by atoms with van der Waals surface area (Å²) in [5.41, 5.74) is 0.545. The van der Waals surface area contributed by atoms with Gasteiger partial charge in [-0.05, 0) is 31.5 Å². The van der Waals surface area contributed by atoms with Crippen molar-refractivity contribution in [3.05, 3.63) is 34.9 Å². The van der Waals surface area contributed by atoms with Gasteiger partial charge in [0, 0.05) is 24.0 Å². The van der Waals surface area contributed by atoms with Crippen LogP contribution in [0.25, 0.3) is 0 Å². The fourth-order valence-electron chi connectivity index (χ4n) is 2.32. The van der Waals surface area contributed by atoms with Crippen LogP contribution >= 0.6 is 24.0 Å². The van der Waals surface area contributed by atoms with E-state index >= 15 is 0 Å². The van der Waals surface area contributed by atoms with Gasteiger partial charge in [0.05, 0.1) is 18.8 Å². The van der Waals surface area contributed by atoms with Crippen molar-refractivity contribution in [2.24, 2.45) is 0 Å². The molecular formula is C15H22Cl2N2O2. The molecule has 2 rings (SSSR count). The molecule has 2 N–H and O–H groups in total. The molecule has 1 aliphatic rings. The van der Waals surface area contributed by atoms with Gasteiger partial charge in [0.2, 0.25) is 5.91 Å². The van der Waals surface area contributed by atoms with E-state index < -0.39 is 5.54 Å². The third kappa shape index (κ3) is 5.47. The minimum Gasteiger partial charge on any atom is -0.378 e. The number of halogens is 2. The van der Waals surface area contributed by atoms with Gasteiger partial charge in [0.25, 0.3) is 0 Å². The second-order valence-corrected chi connectivity index (χ2v) is 6.05. The Kier molecular flexibility index (Phi) is 6.94. The molecule has 0 spiro atoms. The molecule has 1 aliphatic heterocycles. The highest BCUT2D eigenvalue weighted by molar-refractivity contribution is 6.30. The van der Waals surface area contributed by atoms with Crippen molar-refractivity contribution in [3.63, 3.8) is 0 Å². The molecular weight excluding hydrogens is 311 g/mol. The molecule has 0 aromatic heterocycles. The van der Waals surface area contributed by atoms with Gasteiger partial charge >= 0.3 is 0 Å². The van der Waals surface area contributed by atoms with E-state index in [-0.39, 0.29) is 24.4 Å². The van der Waals surface area contributed by atoms with Gasteiger partial charge in [-0.2, -0.15) is 0 Å². The Labute approximate surface area is 137 Å². The molecule has 0 radical (unpaired) electrons. The van der Waals surface area contributed by atoms with Crippen LogP contribution in [0.1, 0.15) is 25.8 Å². The predicted octanol–water partition coefficient (Wildman–Crippen LogP) is 2.49. The molecule has 1 aromatic carbocycles. The smallest absolute Gasteiger partial charge is 0.222 e. The van der Waals surface area contributed by atoms with E-state index in [4.69, 9.17) is 16.3 Å². The van der Waals surface area contributed by atoms with E-state index in [1.54, 1.807) is 0 Å². The maximum atomic E-state index is 12.1. The normalized spacial score (nSPS) is 18.7. The number of ether oxygens (including phenoxy) is 1. The predicted molar refractivity (Wildman–Crippen MR) is 87.1 cm³/mol. The summed E-state index contributed by atoms with van der Waals surface area (Å²) in [5.74, 6) is 0.0120. The van der Waals surface area contributed by atoms with Crippen molar-refractivity contribution in [2.45, 2.75) is 31.8 Å². The van der Waals surface area contributed by atoms with Gasteiger partial charge < -0.3 is 15.4 Å². The number of morpholine rings is 1. The fraction of sp³-hybridized carbons (Fsp3) is 0.533. The van der Waals surface area contributed by atoms with E-state index in [2.05, 4.69) is 10.6 Å². The number of hydrogen-bond donors (Lipinski definition) is 2. The summed E-state index contributed by atoms with van der Waals surface area (Å²) < 4.78 is 5.35. The van der Waals surface area contributed by atoms with Crippen molar-refractivity contribution < 1.29 is 9.53 Å². The average molecular weight is 333 g/mol. The third-order valence-corrected chi connectivity index (χ3v) is 3.66. The number of rotatable bonds is 4. The first-order chi connectivity index (χ1) is 9.47. The first kappa shape index (κ1) is 18.2. The van der Waals surface area contributed by atoms with Crippen molar-refractivity contribution in [3.8, 4) is 0 Å². The summed E-state index contributed by atoms with van der Waals surface area (Å²) in [6.07, 6.45) is 0.421. The number of nitrogens with one attached hydrogen (secondary N) is 2. The molecule has 1 fully saturated rings. The van der Waals surface area contributed by atoms with Gasteiger partial charge in [-0.15, -0.1) is 12.4 Å². The number of amides is 1. The van der Waals surface area contributed by atoms with Crippen LogP contribution < -0.4 is 10.6 Å². The van der Waals surface area contributed by atoms with Crippen molar-refractivity contribution in [1.82, 2.24) is 10.6 Å². The molecule has 1 aromatic rings. The molecule has 21 heavy (non-hydrogen) atoms. The highest BCUT2D eigenvalue weighted by Gasteiger charge is 2.25. The molecule has 1 unspecified atom stereocenters. The maximum Gasteiger partial charge on any atom is 0.222 e. The summed E-state index contributed by atoms with van der Waals surface area (Å²) in [4.78, 5) is 12.1. The Balaban J connectivity index is 0.00000220. The summed E-state index contributed by atoms with van der Waals surface area (Å²) in [6, 6.07) is 7.66. The van der Waals surface area contributed by atoms with Gasteiger partial charge in [-0.3, -0.25) is 4.79 Å². The van der Waals surface area contributed by atoms with E-state index in [9.17, 15) is 4.79 Å². The average Bonchev–Trinajstić information content (AvgIpc) is 2.39. The van der Waals surface area contributed by atoms with Crippen LogP contribution in [-0.2, 0) is 15.1 Å². The maximum absolute atomic E-state index is 12.1. The SMILES string of the molecule is CC(C)(NC(=O)CC1COCCN1)c1cccc(Cl)c1.Cl. The van der Waals surface area contributed by atoms with Crippen molar-refractivity contribution >= 4 is 29.9 Å². The summed E-state index contributed by atoms with van der Waals surface area (Å²) in [7, 11) is 0. The quantitative estimate of drug-likeness (QED) is 0.890. The molecule has 4 nitrogen and oxygen atoms in total. The lowest BCUT2D eigenvalue weighted by molar-refractivity contribution is -0.124. The summed E-state index contributed by atoms with van der Waals surface area (Å²) in [5, 5.41) is 7.00. The molecule has 0 aliphatic carbocycles. The van der Waals surface area contributed by atoms with Gasteiger partial charge in [-0.1, -0.05) is 23.7 Å². The zero-order valence-corrected chi connectivity index (χ0v) is 13.9. The highest BCUT2D eigenvalue weighted by Crippen LogP contribution is 2.23. The minimum absolute atomic E-state index is 0. The molecule has 6 heteroatoms. The Morgan fingerprint density at radius 2 is 2.29 bits per heavy atom. The van der Waals surface area contributed by atoms with Gasteiger partial charge in [-0.25, -0.2) is 0 Å². The minimum atomic E-state index is -0.447. The second kappa shape index (κ2) is 7.99. The number of benzene rings is 1. The van der Waals surface area contributed by atoms with Crippen LogP contribution in [0, 0.1) is 0 Å². The molecule has 1 saturated heterocycles. The monoisotopic (exact) mass is 332 g/mol. The zero-order chi connectivity index (χ0) is 14.6. The molecule has 1 atom stereocenters. The summed E-state index contributed by atoms with van der Waals surface area (Å²) >= 11 is 6.00. The van der Waals surface area contributed by atoms with Crippen LogP contribution in [0.4, 0.5) is 0 Å². The number of carbonyl (C=O) groups excluding carboxylic acids is 1. The second-order valence-electron chi connectivity index (χ2n) is 5.61. The summed E-state index contributed by atoms with van der Waals surface area (Å²) in [6.45, 7) is 6.05. The molecule has 1 amide bonds. The van der Waals surface area contributed by atoms with Gasteiger partial charge in [0.1, 0.15) is 0 Å². The standard InChI is InChI=1S/C15H21ClN2O2.ClH/c1-15(2,11-4-3-5-12(16)8-11)18-14(19)9-13-10-20-7-6-17-13;/h3-5,8,13,17H,6-7,9-10H2,1-2H3,(H,18,19);1H. The van der Waals surface area contributed by atoms with Gasteiger partial charge in [0.15, 0.2) is 0 Å². The van der Waals surface area contributed by atoms with Crippen LogP contribution in [0.15, 0.2) is 24.3 Å². The highest BCUT2D eigenvalue weighted by atomic mass is 35.5. The molecule has 118 valence electrons. The Hall–Kier alpha value is -0.810.